The molecule has 1 N–H and O–H groups in total. The van der Waals surface area contributed by atoms with E-state index in [4.69, 9.17) is 0 Å². The molecule has 2 atom stereocenters. The molecule has 1 heterocycles. The second-order valence-electron chi connectivity index (χ2n) is 8.27. The van der Waals surface area contributed by atoms with E-state index in [0.29, 0.717) is 5.69 Å². The number of rotatable bonds is 1. The molecule has 1 fully saturated rings. The van der Waals surface area contributed by atoms with Gasteiger partial charge in [-0.25, -0.2) is 4.90 Å². The molecule has 0 radical (unpaired) electrons. The fraction of sp³-hybridized carbons (Fsp3) is 0.200. The van der Waals surface area contributed by atoms with Crippen LogP contribution in [0.2, 0.25) is 0 Å². The van der Waals surface area contributed by atoms with E-state index in [1.807, 2.05) is 31.2 Å². The number of amides is 2. The molecular formula is C25H19NO3. The molecule has 4 aliphatic rings. The van der Waals surface area contributed by atoms with E-state index in [1.54, 1.807) is 18.2 Å². The van der Waals surface area contributed by atoms with Crippen molar-refractivity contribution < 1.29 is 14.7 Å². The first kappa shape index (κ1) is 16.5. The first-order valence-corrected chi connectivity index (χ1v) is 9.93. The van der Waals surface area contributed by atoms with Gasteiger partial charge >= 0.3 is 0 Å². The molecule has 4 heteroatoms. The molecule has 142 valence electrons. The Hall–Kier alpha value is -3.40. The smallest absolute Gasteiger partial charge is 0.238 e. The second kappa shape index (κ2) is 5.57. The van der Waals surface area contributed by atoms with Crippen LogP contribution in [0, 0.1) is 18.8 Å². The number of hydrogen-bond acceptors (Lipinski definition) is 3. The van der Waals surface area contributed by atoms with E-state index >= 15 is 0 Å². The first-order valence-electron chi connectivity index (χ1n) is 9.93. The Balaban J connectivity index is 1.58. The van der Waals surface area contributed by atoms with Gasteiger partial charge in [0.05, 0.1) is 17.5 Å². The average molecular weight is 381 g/mol. The standard InChI is InChI=1S/C25H19NO3/c1-13-10-11-19(27)18(12-13)26-24(28)22-20-14-6-2-3-7-15(14)21(23(22)25(26)29)17-9-5-4-8-16(17)20/h2-12,20-23,27H,1H3/t20?,21?,22-,23-/m1/s1. The van der Waals surface area contributed by atoms with Gasteiger partial charge in [-0.05, 0) is 46.9 Å². The van der Waals surface area contributed by atoms with Crippen LogP contribution in [0.4, 0.5) is 5.69 Å². The SMILES string of the molecule is Cc1ccc(O)c(N2C(=O)[C@@H]3C4c5ccccc5C(c5ccccc54)[C@H]3C2=O)c1. The number of aryl methyl sites for hydroxylation is 1. The molecule has 4 nitrogen and oxygen atoms in total. The zero-order chi connectivity index (χ0) is 19.9. The quantitative estimate of drug-likeness (QED) is 0.646. The van der Waals surface area contributed by atoms with Crippen LogP contribution < -0.4 is 4.90 Å². The molecule has 0 saturated carbocycles. The molecule has 1 saturated heterocycles. The highest BCUT2D eigenvalue weighted by atomic mass is 16.3. The van der Waals surface area contributed by atoms with Crippen LogP contribution >= 0.6 is 0 Å². The molecule has 3 aromatic carbocycles. The summed E-state index contributed by atoms with van der Waals surface area (Å²) in [6.45, 7) is 1.89. The Labute approximate surface area is 168 Å². The largest absolute Gasteiger partial charge is 0.506 e. The predicted octanol–water partition coefficient (Wildman–Crippen LogP) is 4.10. The minimum atomic E-state index is -0.433. The van der Waals surface area contributed by atoms with Gasteiger partial charge in [-0.3, -0.25) is 9.59 Å². The topological polar surface area (TPSA) is 57.6 Å². The van der Waals surface area contributed by atoms with Gasteiger partial charge in [-0.2, -0.15) is 0 Å². The highest BCUT2D eigenvalue weighted by Crippen LogP contribution is 2.61. The highest BCUT2D eigenvalue weighted by Gasteiger charge is 2.62. The third-order valence-electron chi connectivity index (χ3n) is 6.82. The minimum absolute atomic E-state index is 0.0432. The summed E-state index contributed by atoms with van der Waals surface area (Å²) in [5.74, 6) is -1.59. The fourth-order valence-electron chi connectivity index (χ4n) is 5.73. The third kappa shape index (κ3) is 1.98. The number of phenolic OH excluding ortho intramolecular Hbond substituents is 1. The lowest BCUT2D eigenvalue weighted by molar-refractivity contribution is -0.122. The van der Waals surface area contributed by atoms with Gasteiger partial charge in [0, 0.05) is 11.8 Å². The van der Waals surface area contributed by atoms with Crippen molar-refractivity contribution in [1.29, 1.82) is 0 Å². The molecule has 29 heavy (non-hydrogen) atoms. The Morgan fingerprint density at radius 2 is 1.17 bits per heavy atom. The van der Waals surface area contributed by atoms with E-state index < -0.39 is 11.8 Å². The number of nitrogens with zero attached hydrogens (tertiary/aromatic N) is 1. The number of phenols is 1. The van der Waals surface area contributed by atoms with Crippen LogP contribution in [0.15, 0.2) is 66.7 Å². The zero-order valence-electron chi connectivity index (χ0n) is 15.9. The summed E-state index contributed by atoms with van der Waals surface area (Å²) in [6, 6.07) is 21.4. The first-order chi connectivity index (χ1) is 14.1. The number of hydrogen-bond donors (Lipinski definition) is 1. The van der Waals surface area contributed by atoms with Gasteiger partial charge < -0.3 is 5.11 Å². The molecule has 2 bridgehead atoms. The van der Waals surface area contributed by atoms with Gasteiger partial charge in [0.1, 0.15) is 5.75 Å². The van der Waals surface area contributed by atoms with Crippen molar-refractivity contribution >= 4 is 17.5 Å². The van der Waals surface area contributed by atoms with E-state index in [1.165, 1.54) is 4.90 Å². The van der Waals surface area contributed by atoms with Crippen LogP contribution in [-0.2, 0) is 9.59 Å². The van der Waals surface area contributed by atoms with Crippen LogP contribution in [0.25, 0.3) is 0 Å². The summed E-state index contributed by atoms with van der Waals surface area (Å²) in [5.41, 5.74) is 5.77. The zero-order valence-corrected chi connectivity index (χ0v) is 15.9. The van der Waals surface area contributed by atoms with Crippen molar-refractivity contribution in [3.05, 3.63) is 94.5 Å². The monoisotopic (exact) mass is 381 g/mol. The van der Waals surface area contributed by atoms with Crippen molar-refractivity contribution in [1.82, 2.24) is 0 Å². The Morgan fingerprint density at radius 3 is 1.62 bits per heavy atom. The van der Waals surface area contributed by atoms with E-state index in [-0.39, 0.29) is 29.4 Å². The number of carbonyl (C=O) groups excluding carboxylic acids is 2. The Morgan fingerprint density at radius 1 is 0.724 bits per heavy atom. The molecule has 0 spiro atoms. The van der Waals surface area contributed by atoms with Crippen molar-refractivity contribution in [3.63, 3.8) is 0 Å². The van der Waals surface area contributed by atoms with Gasteiger partial charge in [0.2, 0.25) is 11.8 Å². The maximum absolute atomic E-state index is 13.6. The Kier molecular flexibility index (Phi) is 3.18. The van der Waals surface area contributed by atoms with Crippen LogP contribution in [0.1, 0.15) is 39.7 Å². The molecule has 3 aliphatic carbocycles. The number of aromatic hydroxyl groups is 1. The van der Waals surface area contributed by atoms with Crippen LogP contribution in [0.3, 0.4) is 0 Å². The summed E-state index contributed by atoms with van der Waals surface area (Å²) in [4.78, 5) is 28.5. The van der Waals surface area contributed by atoms with E-state index in [0.717, 1.165) is 27.8 Å². The Bertz CT molecular complexity index is 1100. The number of benzene rings is 3. The molecule has 1 aliphatic heterocycles. The average Bonchev–Trinajstić information content (AvgIpc) is 3.01. The van der Waals surface area contributed by atoms with Gasteiger partial charge in [0.15, 0.2) is 0 Å². The van der Waals surface area contributed by atoms with E-state index in [9.17, 15) is 14.7 Å². The lowest BCUT2D eigenvalue weighted by atomic mass is 9.55. The van der Waals surface area contributed by atoms with Crippen LogP contribution in [-0.4, -0.2) is 16.9 Å². The summed E-state index contributed by atoms with van der Waals surface area (Å²) in [5, 5.41) is 10.4. The molecule has 7 rings (SSSR count). The summed E-state index contributed by atoms with van der Waals surface area (Å²) in [7, 11) is 0. The number of anilines is 1. The molecule has 3 aromatic rings. The molecule has 2 amide bonds. The molecule has 0 unspecified atom stereocenters. The minimum Gasteiger partial charge on any atom is -0.506 e. The maximum Gasteiger partial charge on any atom is 0.238 e. The van der Waals surface area contributed by atoms with Crippen molar-refractivity contribution in [3.8, 4) is 5.75 Å². The summed E-state index contributed by atoms with van der Waals surface area (Å²) < 4.78 is 0. The third-order valence-corrected chi connectivity index (χ3v) is 6.82. The number of imide groups is 1. The van der Waals surface area contributed by atoms with Crippen molar-refractivity contribution in [2.75, 3.05) is 4.90 Å². The normalized spacial score (nSPS) is 26.3. The lowest BCUT2D eigenvalue weighted by Gasteiger charge is -2.45. The van der Waals surface area contributed by atoms with Gasteiger partial charge in [-0.15, -0.1) is 0 Å². The number of carbonyl (C=O) groups is 2. The fourth-order valence-corrected chi connectivity index (χ4v) is 5.73. The summed E-state index contributed by atoms with van der Waals surface area (Å²) in [6.07, 6.45) is 0. The molecular weight excluding hydrogens is 362 g/mol. The maximum atomic E-state index is 13.6. The summed E-state index contributed by atoms with van der Waals surface area (Å²) >= 11 is 0. The predicted molar refractivity (Wildman–Crippen MR) is 109 cm³/mol. The van der Waals surface area contributed by atoms with Gasteiger partial charge in [0.25, 0.3) is 0 Å². The van der Waals surface area contributed by atoms with Crippen molar-refractivity contribution in [2.45, 2.75) is 18.8 Å². The molecule has 0 aromatic heterocycles. The lowest BCUT2D eigenvalue weighted by Crippen LogP contribution is -2.41. The van der Waals surface area contributed by atoms with E-state index in [2.05, 4.69) is 24.3 Å². The highest BCUT2D eigenvalue weighted by molar-refractivity contribution is 6.24. The van der Waals surface area contributed by atoms with Crippen LogP contribution in [0.5, 0.6) is 5.75 Å². The second-order valence-corrected chi connectivity index (χ2v) is 8.27. The van der Waals surface area contributed by atoms with Crippen molar-refractivity contribution in [2.24, 2.45) is 11.8 Å². The van der Waals surface area contributed by atoms with Gasteiger partial charge in [-0.1, -0.05) is 54.6 Å².